The van der Waals surface area contributed by atoms with Gasteiger partial charge in [-0.05, 0) is 19.9 Å². The van der Waals surface area contributed by atoms with Crippen LogP contribution in [-0.4, -0.2) is 30.3 Å². The first-order valence-electron chi connectivity index (χ1n) is 6.20. The summed E-state index contributed by atoms with van der Waals surface area (Å²) in [5.74, 6) is 0.0850. The molecule has 102 valence electrons. The molecule has 19 heavy (non-hydrogen) atoms. The second-order valence-corrected chi connectivity index (χ2v) is 7.51. The van der Waals surface area contributed by atoms with Crippen molar-refractivity contribution >= 4 is 27.0 Å². The lowest BCUT2D eigenvalue weighted by molar-refractivity contribution is 0.112. The van der Waals surface area contributed by atoms with E-state index in [1.54, 1.807) is 20.0 Å². The number of carbonyl (C=O) groups is 1. The van der Waals surface area contributed by atoms with Gasteiger partial charge in [0, 0.05) is 29.2 Å². The van der Waals surface area contributed by atoms with Gasteiger partial charge in [0.2, 0.25) is 0 Å². The second kappa shape index (κ2) is 5.17. The molecule has 0 aliphatic heterocycles. The number of aldehydes is 1. The van der Waals surface area contributed by atoms with Crippen molar-refractivity contribution in [1.29, 1.82) is 0 Å². The quantitative estimate of drug-likeness (QED) is 0.789. The highest BCUT2D eigenvalue weighted by atomic mass is 32.2. The highest BCUT2D eigenvalue weighted by Gasteiger charge is 2.16. The van der Waals surface area contributed by atoms with Crippen molar-refractivity contribution in [2.45, 2.75) is 25.6 Å². The number of sulfone groups is 1. The monoisotopic (exact) mass is 279 g/mol. The fourth-order valence-electron chi connectivity index (χ4n) is 2.02. The first-order chi connectivity index (χ1) is 8.95. The third-order valence-corrected chi connectivity index (χ3v) is 5.47. The van der Waals surface area contributed by atoms with E-state index in [-0.39, 0.29) is 11.0 Å². The van der Waals surface area contributed by atoms with E-state index in [0.29, 0.717) is 12.1 Å². The Kier molecular flexibility index (Phi) is 3.75. The van der Waals surface area contributed by atoms with Gasteiger partial charge in [0.05, 0.1) is 11.0 Å². The molecule has 0 unspecified atom stereocenters. The molecule has 0 fully saturated rings. The van der Waals surface area contributed by atoms with E-state index in [2.05, 4.69) is 0 Å². The van der Waals surface area contributed by atoms with Gasteiger partial charge >= 0.3 is 0 Å². The summed E-state index contributed by atoms with van der Waals surface area (Å²) in [5.41, 5.74) is 1.49. The SMILES string of the molecule is CC(C)S(=O)(=O)CCn1cc(C=O)c2ccccc21. The van der Waals surface area contributed by atoms with Crippen molar-refractivity contribution < 1.29 is 13.2 Å². The van der Waals surface area contributed by atoms with Gasteiger partial charge in [-0.25, -0.2) is 8.42 Å². The van der Waals surface area contributed by atoms with Crippen molar-refractivity contribution in [2.75, 3.05) is 5.75 Å². The molecule has 0 N–H and O–H groups in total. The number of hydrogen-bond donors (Lipinski definition) is 0. The minimum atomic E-state index is -3.07. The lowest BCUT2D eigenvalue weighted by Crippen LogP contribution is -2.20. The molecule has 0 atom stereocenters. The molecule has 1 aromatic carbocycles. The Balaban J connectivity index is 2.34. The third kappa shape index (κ3) is 2.71. The van der Waals surface area contributed by atoms with Crippen molar-refractivity contribution in [3.63, 3.8) is 0 Å². The Morgan fingerprint density at radius 3 is 2.58 bits per heavy atom. The highest BCUT2D eigenvalue weighted by molar-refractivity contribution is 7.91. The number of hydrogen-bond acceptors (Lipinski definition) is 3. The van der Waals surface area contributed by atoms with Crippen LogP contribution in [0, 0.1) is 0 Å². The maximum absolute atomic E-state index is 11.8. The normalized spacial score (nSPS) is 12.2. The van der Waals surface area contributed by atoms with Crippen LogP contribution in [0.1, 0.15) is 24.2 Å². The predicted molar refractivity (Wildman–Crippen MR) is 76.2 cm³/mol. The van der Waals surface area contributed by atoms with Crippen LogP contribution in [0.4, 0.5) is 0 Å². The largest absolute Gasteiger partial charge is 0.346 e. The Morgan fingerprint density at radius 1 is 1.26 bits per heavy atom. The van der Waals surface area contributed by atoms with Crippen molar-refractivity contribution in [3.05, 3.63) is 36.0 Å². The lowest BCUT2D eigenvalue weighted by Gasteiger charge is -2.09. The van der Waals surface area contributed by atoms with Crippen molar-refractivity contribution in [2.24, 2.45) is 0 Å². The van der Waals surface area contributed by atoms with Crippen LogP contribution in [0.25, 0.3) is 10.9 Å². The average Bonchev–Trinajstić information content (AvgIpc) is 2.74. The molecule has 1 aromatic heterocycles. The Bertz CT molecular complexity index is 699. The van der Waals surface area contributed by atoms with Crippen LogP contribution in [-0.2, 0) is 16.4 Å². The molecule has 2 rings (SSSR count). The Labute approximate surface area is 113 Å². The summed E-state index contributed by atoms with van der Waals surface area (Å²) in [6, 6.07) is 7.51. The smallest absolute Gasteiger partial charge is 0.154 e. The van der Waals surface area contributed by atoms with Gasteiger partial charge in [0.25, 0.3) is 0 Å². The standard InChI is InChI=1S/C14H17NO3S/c1-11(2)19(17,18)8-7-15-9-12(10-16)13-5-3-4-6-14(13)15/h3-6,9-11H,7-8H2,1-2H3. The van der Waals surface area contributed by atoms with Crippen LogP contribution in [0.3, 0.4) is 0 Å². The molecule has 5 heteroatoms. The van der Waals surface area contributed by atoms with Gasteiger partial charge < -0.3 is 4.57 Å². The van der Waals surface area contributed by atoms with E-state index in [1.165, 1.54) is 0 Å². The average molecular weight is 279 g/mol. The van der Waals surface area contributed by atoms with E-state index in [0.717, 1.165) is 17.2 Å². The lowest BCUT2D eigenvalue weighted by atomic mass is 10.2. The van der Waals surface area contributed by atoms with E-state index in [4.69, 9.17) is 0 Å². The van der Waals surface area contributed by atoms with E-state index < -0.39 is 9.84 Å². The number of aromatic nitrogens is 1. The molecule has 4 nitrogen and oxygen atoms in total. The molecular weight excluding hydrogens is 262 g/mol. The molecular formula is C14H17NO3S. The van der Waals surface area contributed by atoms with Gasteiger partial charge in [0.1, 0.15) is 0 Å². The maximum Gasteiger partial charge on any atom is 0.154 e. The molecule has 0 aliphatic rings. The van der Waals surface area contributed by atoms with Gasteiger partial charge in [-0.1, -0.05) is 18.2 Å². The number of benzene rings is 1. The minimum Gasteiger partial charge on any atom is -0.346 e. The zero-order valence-electron chi connectivity index (χ0n) is 11.0. The Hall–Kier alpha value is -1.62. The highest BCUT2D eigenvalue weighted by Crippen LogP contribution is 2.20. The van der Waals surface area contributed by atoms with Crippen LogP contribution < -0.4 is 0 Å². The molecule has 0 radical (unpaired) electrons. The van der Waals surface area contributed by atoms with E-state index >= 15 is 0 Å². The summed E-state index contributed by atoms with van der Waals surface area (Å²) in [5, 5.41) is 0.485. The van der Waals surface area contributed by atoms with Gasteiger partial charge in [-0.15, -0.1) is 0 Å². The molecule has 0 bridgehead atoms. The fourth-order valence-corrected chi connectivity index (χ4v) is 2.94. The summed E-state index contributed by atoms with van der Waals surface area (Å²) in [4.78, 5) is 11.0. The fraction of sp³-hybridized carbons (Fsp3) is 0.357. The predicted octanol–water partition coefficient (Wildman–Crippen LogP) is 2.28. The molecule has 1 heterocycles. The summed E-state index contributed by atoms with van der Waals surface area (Å²) in [6.45, 7) is 3.73. The third-order valence-electron chi connectivity index (χ3n) is 3.28. The van der Waals surface area contributed by atoms with Crippen LogP contribution in [0.5, 0.6) is 0 Å². The number of carbonyl (C=O) groups excluding carboxylic acids is 1. The van der Waals surface area contributed by atoms with Crippen molar-refractivity contribution in [3.8, 4) is 0 Å². The number of rotatable bonds is 5. The molecule has 2 aromatic rings. The minimum absolute atomic E-state index is 0.0850. The van der Waals surface area contributed by atoms with Crippen LogP contribution >= 0.6 is 0 Å². The zero-order chi connectivity index (χ0) is 14.0. The first kappa shape index (κ1) is 13.8. The van der Waals surface area contributed by atoms with Crippen LogP contribution in [0.15, 0.2) is 30.5 Å². The van der Waals surface area contributed by atoms with Gasteiger partial charge in [0.15, 0.2) is 16.1 Å². The number of fused-ring (bicyclic) bond motifs is 1. The van der Waals surface area contributed by atoms with Gasteiger partial charge in [-0.2, -0.15) is 0 Å². The number of aryl methyl sites for hydroxylation is 1. The van der Waals surface area contributed by atoms with Crippen molar-refractivity contribution in [1.82, 2.24) is 4.57 Å². The van der Waals surface area contributed by atoms with Gasteiger partial charge in [-0.3, -0.25) is 4.79 Å². The zero-order valence-corrected chi connectivity index (χ0v) is 11.9. The number of para-hydroxylation sites is 1. The first-order valence-corrected chi connectivity index (χ1v) is 7.92. The summed E-state index contributed by atoms with van der Waals surface area (Å²) in [6.07, 6.45) is 2.52. The number of nitrogens with zero attached hydrogens (tertiary/aromatic N) is 1. The molecule has 0 amide bonds. The molecule has 0 spiro atoms. The molecule has 0 saturated heterocycles. The summed E-state index contributed by atoms with van der Waals surface area (Å²) in [7, 11) is -3.07. The summed E-state index contributed by atoms with van der Waals surface area (Å²) < 4.78 is 25.5. The van der Waals surface area contributed by atoms with E-state index in [1.807, 2.05) is 28.8 Å². The Morgan fingerprint density at radius 2 is 1.95 bits per heavy atom. The maximum atomic E-state index is 11.8. The van der Waals surface area contributed by atoms with Crippen LogP contribution in [0.2, 0.25) is 0 Å². The molecule has 0 saturated carbocycles. The van der Waals surface area contributed by atoms with E-state index in [9.17, 15) is 13.2 Å². The topological polar surface area (TPSA) is 56.1 Å². The second-order valence-electron chi connectivity index (χ2n) is 4.83. The summed E-state index contributed by atoms with van der Waals surface area (Å²) >= 11 is 0. The molecule has 0 aliphatic carbocycles.